The summed E-state index contributed by atoms with van der Waals surface area (Å²) in [5.41, 5.74) is 2.58. The van der Waals surface area contributed by atoms with Gasteiger partial charge < -0.3 is 5.32 Å². The molecule has 0 aliphatic rings. The van der Waals surface area contributed by atoms with Gasteiger partial charge >= 0.3 is 0 Å². The minimum absolute atomic E-state index is 0.0294. The minimum Gasteiger partial charge on any atom is -0.326 e. The molecule has 0 saturated carbocycles. The van der Waals surface area contributed by atoms with Gasteiger partial charge in [0.25, 0.3) is 5.91 Å². The van der Waals surface area contributed by atoms with Gasteiger partial charge in [-0.05, 0) is 31.2 Å². The number of benzene rings is 1. The maximum Gasteiger partial charge on any atom is 0.261 e. The summed E-state index contributed by atoms with van der Waals surface area (Å²) in [5.74, 6) is -0.895. The van der Waals surface area contributed by atoms with Crippen LogP contribution in [-0.2, 0) is 24.4 Å². The minimum atomic E-state index is -3.88. The fourth-order valence-corrected chi connectivity index (χ4v) is 2.74. The van der Waals surface area contributed by atoms with Gasteiger partial charge in [0.2, 0.25) is 15.9 Å². The van der Waals surface area contributed by atoms with Crippen LogP contribution in [0.2, 0.25) is 0 Å². The van der Waals surface area contributed by atoms with E-state index in [-0.39, 0.29) is 17.4 Å². The third-order valence-electron chi connectivity index (χ3n) is 2.58. The van der Waals surface area contributed by atoms with E-state index in [1.807, 2.05) is 0 Å². The molecule has 0 aliphatic carbocycles. The molecule has 1 aromatic rings. The zero-order valence-corrected chi connectivity index (χ0v) is 13.6. The van der Waals surface area contributed by atoms with Gasteiger partial charge in [-0.25, -0.2) is 13.9 Å². The van der Waals surface area contributed by atoms with Crippen LogP contribution in [0.1, 0.15) is 13.8 Å². The number of hydrogen-bond acceptors (Lipinski definition) is 5. The Morgan fingerprint density at radius 3 is 2.43 bits per heavy atom. The molecule has 0 spiro atoms. The molecule has 9 heteroatoms. The number of carbonyl (C=O) groups is 2. The third kappa shape index (κ3) is 6.19. The topological polar surface area (TPSA) is 114 Å². The number of hydrogen-bond donors (Lipinski definition) is 3. The molecule has 2 amide bonds. The molecule has 0 bridgehead atoms. The van der Waals surface area contributed by atoms with Crippen LogP contribution in [0.15, 0.2) is 41.8 Å². The normalized spacial score (nSPS) is 12.3. The van der Waals surface area contributed by atoms with E-state index < -0.39 is 22.0 Å². The summed E-state index contributed by atoms with van der Waals surface area (Å²) in [5, 5.41) is 2.53. The predicted molar refractivity (Wildman–Crippen MR) is 84.8 cm³/mol. The molecular weight excluding hydrogens is 322 g/mol. The number of hydroxylamine groups is 1. The van der Waals surface area contributed by atoms with E-state index in [0.29, 0.717) is 5.69 Å². The Hall–Kier alpha value is -2.23. The summed E-state index contributed by atoms with van der Waals surface area (Å²) >= 11 is 0. The quantitative estimate of drug-likeness (QED) is 0.363. The van der Waals surface area contributed by atoms with Gasteiger partial charge in [-0.1, -0.05) is 6.08 Å². The lowest BCUT2D eigenvalue weighted by Crippen LogP contribution is -2.44. The summed E-state index contributed by atoms with van der Waals surface area (Å²) < 4.78 is 26.6. The molecule has 1 unspecified atom stereocenters. The maximum atomic E-state index is 12.2. The first kappa shape index (κ1) is 18.8. The van der Waals surface area contributed by atoms with Crippen molar-refractivity contribution in [3.05, 3.63) is 36.9 Å². The van der Waals surface area contributed by atoms with Crippen molar-refractivity contribution >= 4 is 27.5 Å². The molecule has 0 saturated heterocycles. The van der Waals surface area contributed by atoms with Crippen LogP contribution in [0.25, 0.3) is 0 Å². The van der Waals surface area contributed by atoms with E-state index in [1.54, 1.807) is 0 Å². The molecule has 0 aromatic heterocycles. The fraction of sp³-hybridized carbons (Fsp3) is 0.286. The number of nitrogens with one attached hydrogen (secondary N) is 3. The van der Waals surface area contributed by atoms with Gasteiger partial charge in [0.15, 0.2) is 0 Å². The van der Waals surface area contributed by atoms with Crippen LogP contribution in [0.4, 0.5) is 5.69 Å². The molecule has 23 heavy (non-hydrogen) atoms. The Bertz CT molecular complexity index is 670. The highest BCUT2D eigenvalue weighted by molar-refractivity contribution is 7.89. The van der Waals surface area contributed by atoms with E-state index in [9.17, 15) is 18.0 Å². The Morgan fingerprint density at radius 2 is 1.91 bits per heavy atom. The number of carbonyl (C=O) groups excluding carboxylic acids is 2. The first-order valence-corrected chi connectivity index (χ1v) is 8.17. The number of sulfonamides is 1. The van der Waals surface area contributed by atoms with Gasteiger partial charge in [0.05, 0.1) is 11.5 Å². The monoisotopic (exact) mass is 341 g/mol. The third-order valence-corrected chi connectivity index (χ3v) is 4.14. The molecular formula is C14H19N3O5S. The average molecular weight is 341 g/mol. The van der Waals surface area contributed by atoms with Crippen LogP contribution in [0.5, 0.6) is 0 Å². The molecule has 3 N–H and O–H groups in total. The first-order valence-electron chi connectivity index (χ1n) is 6.69. The van der Waals surface area contributed by atoms with E-state index >= 15 is 0 Å². The van der Waals surface area contributed by atoms with Crippen molar-refractivity contribution in [1.29, 1.82) is 0 Å². The summed E-state index contributed by atoms with van der Waals surface area (Å²) in [4.78, 5) is 27.3. The molecule has 0 aliphatic heterocycles. The van der Waals surface area contributed by atoms with Crippen LogP contribution in [-0.4, -0.2) is 32.9 Å². The van der Waals surface area contributed by atoms with Crippen molar-refractivity contribution in [3.8, 4) is 0 Å². The Kier molecular flexibility index (Phi) is 6.89. The second kappa shape index (κ2) is 8.42. The van der Waals surface area contributed by atoms with Crippen LogP contribution in [0, 0.1) is 0 Å². The zero-order chi connectivity index (χ0) is 17.5. The maximum absolute atomic E-state index is 12.2. The highest BCUT2D eigenvalue weighted by Gasteiger charge is 2.22. The first-order chi connectivity index (χ1) is 10.8. The average Bonchev–Trinajstić information content (AvgIpc) is 2.46. The van der Waals surface area contributed by atoms with Crippen molar-refractivity contribution < 1.29 is 22.8 Å². The smallest absolute Gasteiger partial charge is 0.261 e. The molecule has 126 valence electrons. The molecule has 1 atom stereocenters. The molecule has 8 nitrogen and oxygen atoms in total. The van der Waals surface area contributed by atoms with Crippen molar-refractivity contribution in [3.63, 3.8) is 0 Å². The van der Waals surface area contributed by atoms with Crippen molar-refractivity contribution in [1.82, 2.24) is 10.2 Å². The number of anilines is 1. The summed E-state index contributed by atoms with van der Waals surface area (Å²) in [7, 11) is -3.88. The van der Waals surface area contributed by atoms with Gasteiger partial charge in [-0.2, -0.15) is 4.72 Å². The van der Waals surface area contributed by atoms with Gasteiger partial charge in [-0.3, -0.25) is 14.4 Å². The molecule has 1 aromatic carbocycles. The zero-order valence-electron chi connectivity index (χ0n) is 12.8. The fourth-order valence-electron chi connectivity index (χ4n) is 1.54. The van der Waals surface area contributed by atoms with E-state index in [4.69, 9.17) is 4.84 Å². The van der Waals surface area contributed by atoms with E-state index in [1.165, 1.54) is 44.2 Å². The molecule has 1 rings (SSSR count). The highest BCUT2D eigenvalue weighted by Crippen LogP contribution is 2.14. The van der Waals surface area contributed by atoms with Crippen molar-refractivity contribution in [2.45, 2.75) is 24.8 Å². The lowest BCUT2D eigenvalue weighted by molar-refractivity contribution is -0.133. The van der Waals surface area contributed by atoms with Crippen LogP contribution >= 0.6 is 0 Å². The van der Waals surface area contributed by atoms with Crippen LogP contribution in [0.3, 0.4) is 0 Å². The van der Waals surface area contributed by atoms with Gasteiger partial charge in [0, 0.05) is 12.6 Å². The molecule has 0 radical (unpaired) electrons. The Morgan fingerprint density at radius 1 is 1.30 bits per heavy atom. The molecule has 0 heterocycles. The number of amides is 2. The second-order valence-corrected chi connectivity index (χ2v) is 6.33. The van der Waals surface area contributed by atoms with E-state index in [2.05, 4.69) is 22.1 Å². The predicted octanol–water partition coefficient (Wildman–Crippen LogP) is 0.546. The second-order valence-electron chi connectivity index (χ2n) is 4.61. The Labute approximate surface area is 134 Å². The summed E-state index contributed by atoms with van der Waals surface area (Å²) in [6.07, 6.45) is 1.44. The highest BCUT2D eigenvalue weighted by atomic mass is 32.2. The Balaban J connectivity index is 2.72. The standard InChI is InChI=1S/C14H19N3O5S/c1-4-9-22-16-14(19)10(2)17-23(20,21)13-7-5-12(6-8-13)15-11(3)18/h4-8,10,17H,1,9H2,2-3H3,(H,15,18)(H,16,19). The largest absolute Gasteiger partial charge is 0.326 e. The van der Waals surface area contributed by atoms with E-state index in [0.717, 1.165) is 0 Å². The van der Waals surface area contributed by atoms with Crippen molar-refractivity contribution in [2.75, 3.05) is 11.9 Å². The van der Waals surface area contributed by atoms with Crippen LogP contribution < -0.4 is 15.5 Å². The van der Waals surface area contributed by atoms with Crippen molar-refractivity contribution in [2.24, 2.45) is 0 Å². The lowest BCUT2D eigenvalue weighted by atomic mass is 10.3. The molecule has 0 fully saturated rings. The summed E-state index contributed by atoms with van der Waals surface area (Å²) in [6, 6.07) is 4.53. The lowest BCUT2D eigenvalue weighted by Gasteiger charge is -2.14. The van der Waals surface area contributed by atoms with Gasteiger partial charge in [-0.15, -0.1) is 6.58 Å². The number of rotatable bonds is 8. The SMILES string of the molecule is C=CCONC(=O)C(C)NS(=O)(=O)c1ccc(NC(C)=O)cc1. The van der Waals surface area contributed by atoms with Gasteiger partial charge in [0.1, 0.15) is 6.04 Å². The summed E-state index contributed by atoms with van der Waals surface area (Å²) in [6.45, 7) is 6.25.